The molecule has 0 amide bonds. The molecule has 84 valence electrons. The Labute approximate surface area is 92.6 Å². The van der Waals surface area contributed by atoms with Crippen molar-refractivity contribution in [3.8, 4) is 0 Å². The maximum Gasteiger partial charge on any atom is 0.338 e. The third-order valence-corrected chi connectivity index (χ3v) is 3.09. The Hall–Kier alpha value is -0.940. The Bertz CT molecular complexity index is 305. The van der Waals surface area contributed by atoms with Gasteiger partial charge in [0.2, 0.25) is 0 Å². The Balaban J connectivity index is 2.33. The first-order valence-corrected chi connectivity index (χ1v) is 5.62. The maximum absolute atomic E-state index is 11.1. The molecule has 0 saturated carbocycles. The zero-order valence-corrected chi connectivity index (χ0v) is 9.54. The summed E-state index contributed by atoms with van der Waals surface area (Å²) in [6.45, 7) is 1.44. The molecule has 0 aliphatic heterocycles. The van der Waals surface area contributed by atoms with Crippen molar-refractivity contribution in [2.75, 3.05) is 12.9 Å². The van der Waals surface area contributed by atoms with Crippen LogP contribution < -0.4 is 0 Å². The van der Waals surface area contributed by atoms with Crippen LogP contribution in [0.1, 0.15) is 12.7 Å². The smallest absolute Gasteiger partial charge is 0.338 e. The van der Waals surface area contributed by atoms with Gasteiger partial charge in [-0.3, -0.25) is 0 Å². The summed E-state index contributed by atoms with van der Waals surface area (Å²) in [5.41, 5.74) is -1.44. The lowest BCUT2D eigenvalue weighted by Gasteiger charge is -2.18. The lowest BCUT2D eigenvalue weighted by Crippen LogP contribution is -2.38. The van der Waals surface area contributed by atoms with E-state index in [1.165, 1.54) is 25.8 Å². The van der Waals surface area contributed by atoms with Crippen LogP contribution in [0.3, 0.4) is 0 Å². The lowest BCUT2D eigenvalue weighted by atomic mass is 10.1. The van der Waals surface area contributed by atoms with Gasteiger partial charge in [0, 0.05) is 5.75 Å². The quantitative estimate of drug-likeness (QED) is 0.775. The third-order valence-electron chi connectivity index (χ3n) is 1.83. The average molecular weight is 230 g/mol. The van der Waals surface area contributed by atoms with Crippen LogP contribution in [0.4, 0.5) is 0 Å². The SMILES string of the molecule is COC(=O)C(C)(O)CSCc1ccco1. The van der Waals surface area contributed by atoms with Gasteiger partial charge in [-0.05, 0) is 19.1 Å². The molecular weight excluding hydrogens is 216 g/mol. The number of ether oxygens (including phenoxy) is 1. The molecule has 1 aromatic heterocycles. The van der Waals surface area contributed by atoms with Crippen LogP contribution in [0.15, 0.2) is 22.8 Å². The number of methoxy groups -OCH3 is 1. The highest BCUT2D eigenvalue weighted by Crippen LogP contribution is 2.19. The monoisotopic (exact) mass is 230 g/mol. The first-order valence-electron chi connectivity index (χ1n) is 4.47. The van der Waals surface area contributed by atoms with Crippen molar-refractivity contribution in [3.05, 3.63) is 24.2 Å². The van der Waals surface area contributed by atoms with Gasteiger partial charge in [0.25, 0.3) is 0 Å². The van der Waals surface area contributed by atoms with Gasteiger partial charge >= 0.3 is 5.97 Å². The first kappa shape index (κ1) is 12.1. The molecule has 1 unspecified atom stereocenters. The number of carbonyl (C=O) groups is 1. The van der Waals surface area contributed by atoms with Crippen molar-refractivity contribution in [2.45, 2.75) is 18.3 Å². The molecule has 1 aromatic rings. The molecule has 15 heavy (non-hydrogen) atoms. The number of thioether (sulfide) groups is 1. The van der Waals surface area contributed by atoms with E-state index in [9.17, 15) is 9.90 Å². The van der Waals surface area contributed by atoms with Crippen molar-refractivity contribution in [2.24, 2.45) is 0 Å². The number of hydrogen-bond acceptors (Lipinski definition) is 5. The summed E-state index contributed by atoms with van der Waals surface area (Å²) >= 11 is 1.42. The summed E-state index contributed by atoms with van der Waals surface area (Å²) in [5, 5.41) is 9.69. The maximum atomic E-state index is 11.1. The molecule has 0 spiro atoms. The summed E-state index contributed by atoms with van der Waals surface area (Å²) < 4.78 is 9.59. The Morgan fingerprint density at radius 3 is 3.00 bits per heavy atom. The van der Waals surface area contributed by atoms with Gasteiger partial charge in [0.15, 0.2) is 5.60 Å². The zero-order valence-electron chi connectivity index (χ0n) is 8.73. The van der Waals surface area contributed by atoms with E-state index >= 15 is 0 Å². The van der Waals surface area contributed by atoms with Gasteiger partial charge in [-0.1, -0.05) is 0 Å². The summed E-state index contributed by atoms with van der Waals surface area (Å²) in [6.07, 6.45) is 1.59. The van der Waals surface area contributed by atoms with E-state index in [1.54, 1.807) is 12.3 Å². The van der Waals surface area contributed by atoms with E-state index in [-0.39, 0.29) is 5.75 Å². The lowest BCUT2D eigenvalue weighted by molar-refractivity contribution is -0.158. The first-order chi connectivity index (χ1) is 7.06. The Morgan fingerprint density at radius 2 is 2.47 bits per heavy atom. The summed E-state index contributed by atoms with van der Waals surface area (Å²) in [7, 11) is 1.26. The molecular formula is C10H14O4S. The van der Waals surface area contributed by atoms with Crippen LogP contribution in [0, 0.1) is 0 Å². The van der Waals surface area contributed by atoms with Crippen molar-refractivity contribution in [3.63, 3.8) is 0 Å². The minimum Gasteiger partial charge on any atom is -0.468 e. The van der Waals surface area contributed by atoms with Crippen LogP contribution >= 0.6 is 11.8 Å². The Kier molecular flexibility index (Phi) is 4.23. The fraction of sp³-hybridized carbons (Fsp3) is 0.500. The third kappa shape index (κ3) is 3.60. The van der Waals surface area contributed by atoms with E-state index in [2.05, 4.69) is 4.74 Å². The molecule has 0 bridgehead atoms. The molecule has 0 aliphatic rings. The topological polar surface area (TPSA) is 59.7 Å². The minimum absolute atomic E-state index is 0.278. The number of esters is 1. The van der Waals surface area contributed by atoms with Crippen molar-refractivity contribution >= 4 is 17.7 Å². The molecule has 0 aromatic carbocycles. The molecule has 0 fully saturated rings. The molecule has 5 heteroatoms. The summed E-state index contributed by atoms with van der Waals surface area (Å²) in [6, 6.07) is 3.65. The van der Waals surface area contributed by atoms with E-state index in [0.29, 0.717) is 5.75 Å². The normalized spacial score (nSPS) is 14.6. The highest BCUT2D eigenvalue weighted by Gasteiger charge is 2.31. The van der Waals surface area contributed by atoms with Crippen LogP contribution in [0.5, 0.6) is 0 Å². The van der Waals surface area contributed by atoms with Gasteiger partial charge in [0.1, 0.15) is 5.76 Å². The van der Waals surface area contributed by atoms with Gasteiger partial charge < -0.3 is 14.3 Å². The number of hydrogen-bond donors (Lipinski definition) is 1. The van der Waals surface area contributed by atoms with Gasteiger partial charge in [-0.15, -0.1) is 0 Å². The standard InChI is InChI=1S/C10H14O4S/c1-10(12,9(11)13-2)7-15-6-8-4-3-5-14-8/h3-5,12H,6-7H2,1-2H3. The van der Waals surface area contributed by atoms with Crippen LogP contribution in [0.2, 0.25) is 0 Å². The van der Waals surface area contributed by atoms with Crippen molar-refractivity contribution < 1.29 is 19.1 Å². The second-order valence-electron chi connectivity index (χ2n) is 3.34. The molecule has 1 rings (SSSR count). The van der Waals surface area contributed by atoms with Gasteiger partial charge in [-0.25, -0.2) is 4.79 Å². The summed E-state index contributed by atoms with van der Waals surface area (Å²) in [4.78, 5) is 11.1. The number of aliphatic hydroxyl groups is 1. The zero-order chi connectivity index (χ0) is 11.3. The molecule has 0 saturated heterocycles. The van der Waals surface area contributed by atoms with Gasteiger partial charge in [0.05, 0.1) is 19.1 Å². The molecule has 0 radical (unpaired) electrons. The largest absolute Gasteiger partial charge is 0.468 e. The molecule has 1 atom stereocenters. The van der Waals surface area contributed by atoms with Crippen LogP contribution in [0.25, 0.3) is 0 Å². The van der Waals surface area contributed by atoms with Crippen molar-refractivity contribution in [1.82, 2.24) is 0 Å². The van der Waals surface area contributed by atoms with E-state index < -0.39 is 11.6 Å². The average Bonchev–Trinajstić information content (AvgIpc) is 2.69. The highest BCUT2D eigenvalue weighted by atomic mass is 32.2. The number of furan rings is 1. The van der Waals surface area contributed by atoms with Gasteiger partial charge in [-0.2, -0.15) is 11.8 Å². The van der Waals surface area contributed by atoms with E-state index in [4.69, 9.17) is 4.42 Å². The molecule has 1 N–H and O–H groups in total. The summed E-state index contributed by atoms with van der Waals surface area (Å²) in [5.74, 6) is 1.11. The molecule has 1 heterocycles. The number of rotatable bonds is 5. The molecule has 4 nitrogen and oxygen atoms in total. The fourth-order valence-electron chi connectivity index (χ4n) is 1.02. The minimum atomic E-state index is -1.44. The van der Waals surface area contributed by atoms with Crippen LogP contribution in [-0.4, -0.2) is 29.5 Å². The van der Waals surface area contributed by atoms with E-state index in [1.807, 2.05) is 6.07 Å². The second-order valence-corrected chi connectivity index (χ2v) is 4.32. The highest BCUT2D eigenvalue weighted by molar-refractivity contribution is 7.98. The molecule has 0 aliphatic carbocycles. The number of carbonyl (C=O) groups excluding carboxylic acids is 1. The fourth-order valence-corrected chi connectivity index (χ4v) is 2.01. The predicted molar refractivity (Wildman–Crippen MR) is 57.5 cm³/mol. The van der Waals surface area contributed by atoms with Crippen LogP contribution in [-0.2, 0) is 15.3 Å². The predicted octanol–water partition coefficient (Wildman–Crippen LogP) is 1.44. The second kappa shape index (κ2) is 5.23. The van der Waals surface area contributed by atoms with Crippen molar-refractivity contribution in [1.29, 1.82) is 0 Å². The van der Waals surface area contributed by atoms with E-state index in [0.717, 1.165) is 5.76 Å². The Morgan fingerprint density at radius 1 is 1.73 bits per heavy atom.